The molecular formula is C15H30O2. The topological polar surface area (TPSA) is 26.3 Å². The minimum Gasteiger partial charge on any atom is -0.463 e. The molecule has 0 aromatic rings. The van der Waals surface area contributed by atoms with Crippen molar-refractivity contribution in [2.24, 2.45) is 0 Å². The van der Waals surface area contributed by atoms with E-state index in [2.05, 4.69) is 6.92 Å². The Hall–Kier alpha value is -0.530. The van der Waals surface area contributed by atoms with E-state index in [1.807, 2.05) is 13.8 Å². The summed E-state index contributed by atoms with van der Waals surface area (Å²) < 4.78 is 5.22. The number of carbonyl (C=O) groups is 1. The molecule has 0 aliphatic rings. The predicted octanol–water partition coefficient (Wildman–Crippen LogP) is 4.86. The lowest BCUT2D eigenvalue weighted by Crippen LogP contribution is -2.13. The van der Waals surface area contributed by atoms with Gasteiger partial charge in [-0.2, -0.15) is 0 Å². The zero-order chi connectivity index (χ0) is 12.9. The lowest BCUT2D eigenvalue weighted by molar-refractivity contribution is -0.148. The summed E-state index contributed by atoms with van der Waals surface area (Å²) in [5.74, 6) is -0.0228. The zero-order valence-electron chi connectivity index (χ0n) is 12.0. The average Bonchev–Trinajstić information content (AvgIpc) is 2.32. The van der Waals surface area contributed by atoms with Gasteiger partial charge in [0.05, 0.1) is 6.10 Å². The lowest BCUT2D eigenvalue weighted by atomic mass is 10.1. The normalized spacial score (nSPS) is 12.4. The number of hydrogen-bond acceptors (Lipinski definition) is 2. The number of rotatable bonds is 11. The summed E-state index contributed by atoms with van der Waals surface area (Å²) in [7, 11) is 0. The van der Waals surface area contributed by atoms with Gasteiger partial charge in [-0.15, -0.1) is 0 Å². The summed E-state index contributed by atoms with van der Waals surface area (Å²) in [5.41, 5.74) is 0. The van der Waals surface area contributed by atoms with Crippen molar-refractivity contribution in [3.8, 4) is 0 Å². The molecule has 0 bridgehead atoms. The van der Waals surface area contributed by atoms with E-state index >= 15 is 0 Å². The van der Waals surface area contributed by atoms with E-state index in [-0.39, 0.29) is 12.1 Å². The van der Waals surface area contributed by atoms with Crippen LogP contribution >= 0.6 is 0 Å². The second-order valence-corrected chi connectivity index (χ2v) is 4.93. The van der Waals surface area contributed by atoms with Crippen LogP contribution in [0.3, 0.4) is 0 Å². The Kier molecular flexibility index (Phi) is 11.6. The first-order valence-corrected chi connectivity index (χ1v) is 7.40. The van der Waals surface area contributed by atoms with Crippen molar-refractivity contribution in [2.75, 3.05) is 0 Å². The summed E-state index contributed by atoms with van der Waals surface area (Å²) in [6, 6.07) is 0. The molecule has 0 N–H and O–H groups in total. The maximum atomic E-state index is 11.4. The molecule has 0 aromatic carbocycles. The van der Waals surface area contributed by atoms with Crippen molar-refractivity contribution < 1.29 is 9.53 Å². The highest BCUT2D eigenvalue weighted by Gasteiger charge is 2.06. The predicted molar refractivity (Wildman–Crippen MR) is 73.1 cm³/mol. The van der Waals surface area contributed by atoms with Crippen LogP contribution in [-0.2, 0) is 9.53 Å². The highest BCUT2D eigenvalue weighted by Crippen LogP contribution is 2.10. The number of carbonyl (C=O) groups excluding carboxylic acids is 1. The maximum absolute atomic E-state index is 11.4. The van der Waals surface area contributed by atoms with Crippen molar-refractivity contribution in [1.82, 2.24) is 0 Å². The van der Waals surface area contributed by atoms with Gasteiger partial charge in [-0.25, -0.2) is 0 Å². The van der Waals surface area contributed by atoms with Crippen LogP contribution in [0, 0.1) is 0 Å². The second-order valence-electron chi connectivity index (χ2n) is 4.93. The Morgan fingerprint density at radius 2 is 1.47 bits per heavy atom. The average molecular weight is 242 g/mol. The molecular weight excluding hydrogens is 212 g/mol. The molecule has 0 saturated carbocycles. The van der Waals surface area contributed by atoms with Gasteiger partial charge in [0, 0.05) is 6.42 Å². The summed E-state index contributed by atoms with van der Waals surface area (Å²) in [6.07, 6.45) is 11.7. The van der Waals surface area contributed by atoms with E-state index < -0.39 is 0 Å². The smallest absolute Gasteiger partial charge is 0.306 e. The van der Waals surface area contributed by atoms with E-state index in [0.29, 0.717) is 6.42 Å². The van der Waals surface area contributed by atoms with Gasteiger partial charge in [-0.1, -0.05) is 58.8 Å². The van der Waals surface area contributed by atoms with Crippen LogP contribution < -0.4 is 0 Å². The first-order chi connectivity index (χ1) is 8.20. The molecule has 0 amide bonds. The van der Waals surface area contributed by atoms with Gasteiger partial charge in [0.2, 0.25) is 0 Å². The van der Waals surface area contributed by atoms with E-state index in [4.69, 9.17) is 4.74 Å². The number of esters is 1. The summed E-state index contributed by atoms with van der Waals surface area (Å²) in [6.45, 7) is 6.22. The Bertz CT molecular complexity index is 178. The van der Waals surface area contributed by atoms with Crippen molar-refractivity contribution in [3.63, 3.8) is 0 Å². The monoisotopic (exact) mass is 242 g/mol. The molecule has 0 rings (SSSR count). The fourth-order valence-corrected chi connectivity index (χ4v) is 1.77. The highest BCUT2D eigenvalue weighted by molar-refractivity contribution is 5.69. The van der Waals surface area contributed by atoms with Crippen LogP contribution in [0.4, 0.5) is 0 Å². The molecule has 0 unspecified atom stereocenters. The largest absolute Gasteiger partial charge is 0.463 e. The second kappa shape index (κ2) is 11.9. The fourth-order valence-electron chi connectivity index (χ4n) is 1.77. The van der Waals surface area contributed by atoms with Crippen LogP contribution in [0.2, 0.25) is 0 Å². The van der Waals surface area contributed by atoms with Crippen LogP contribution in [-0.4, -0.2) is 12.1 Å². The van der Waals surface area contributed by atoms with Gasteiger partial charge >= 0.3 is 5.97 Å². The first-order valence-electron chi connectivity index (χ1n) is 7.40. The number of unbranched alkanes of at least 4 members (excludes halogenated alkanes) is 7. The molecule has 0 radical (unpaired) electrons. The first kappa shape index (κ1) is 16.5. The van der Waals surface area contributed by atoms with Crippen molar-refractivity contribution >= 4 is 5.97 Å². The molecule has 102 valence electrons. The fraction of sp³-hybridized carbons (Fsp3) is 0.933. The van der Waals surface area contributed by atoms with Crippen molar-refractivity contribution in [1.29, 1.82) is 0 Å². The Balaban J connectivity index is 3.19. The van der Waals surface area contributed by atoms with Crippen LogP contribution in [0.5, 0.6) is 0 Å². The molecule has 1 atom stereocenters. The van der Waals surface area contributed by atoms with Gasteiger partial charge in [-0.3, -0.25) is 4.79 Å². The minimum atomic E-state index is -0.0228. The SMILES string of the molecule is CCCCCCCCCCC(=O)O[C@H](C)CC. The molecule has 2 heteroatoms. The molecule has 2 nitrogen and oxygen atoms in total. The van der Waals surface area contributed by atoms with E-state index in [1.54, 1.807) is 0 Å². The maximum Gasteiger partial charge on any atom is 0.306 e. The van der Waals surface area contributed by atoms with Gasteiger partial charge in [-0.05, 0) is 19.8 Å². The van der Waals surface area contributed by atoms with Crippen LogP contribution in [0.1, 0.15) is 85.0 Å². The summed E-state index contributed by atoms with van der Waals surface area (Å²) >= 11 is 0. The third kappa shape index (κ3) is 11.7. The van der Waals surface area contributed by atoms with E-state index in [1.165, 1.54) is 44.9 Å². The van der Waals surface area contributed by atoms with E-state index in [0.717, 1.165) is 12.8 Å². The van der Waals surface area contributed by atoms with Gasteiger partial charge < -0.3 is 4.74 Å². The molecule has 0 aliphatic heterocycles. The van der Waals surface area contributed by atoms with Crippen LogP contribution in [0.25, 0.3) is 0 Å². The highest BCUT2D eigenvalue weighted by atomic mass is 16.5. The zero-order valence-corrected chi connectivity index (χ0v) is 12.0. The number of ether oxygens (including phenoxy) is 1. The summed E-state index contributed by atoms with van der Waals surface area (Å²) in [5, 5.41) is 0. The quantitative estimate of drug-likeness (QED) is 0.382. The van der Waals surface area contributed by atoms with Crippen molar-refractivity contribution in [3.05, 3.63) is 0 Å². The molecule has 0 spiro atoms. The summed E-state index contributed by atoms with van der Waals surface area (Å²) in [4.78, 5) is 11.4. The van der Waals surface area contributed by atoms with E-state index in [9.17, 15) is 4.79 Å². The van der Waals surface area contributed by atoms with Gasteiger partial charge in [0.25, 0.3) is 0 Å². The third-order valence-corrected chi connectivity index (χ3v) is 3.14. The Morgan fingerprint density at radius 1 is 0.941 bits per heavy atom. The standard InChI is InChI=1S/C15H30O2/c1-4-6-7-8-9-10-11-12-13-15(16)17-14(3)5-2/h14H,4-13H2,1-3H3/t14-/m1/s1. The Morgan fingerprint density at radius 3 is 2.00 bits per heavy atom. The van der Waals surface area contributed by atoms with Gasteiger partial charge in [0.1, 0.15) is 0 Å². The third-order valence-electron chi connectivity index (χ3n) is 3.14. The van der Waals surface area contributed by atoms with Crippen molar-refractivity contribution in [2.45, 2.75) is 91.1 Å². The molecule has 17 heavy (non-hydrogen) atoms. The minimum absolute atomic E-state index is 0.0228. The molecule has 0 fully saturated rings. The lowest BCUT2D eigenvalue weighted by Gasteiger charge is -2.10. The molecule has 0 aromatic heterocycles. The molecule has 0 aliphatic carbocycles. The van der Waals surface area contributed by atoms with Crippen LogP contribution in [0.15, 0.2) is 0 Å². The Labute approximate surface area is 107 Å². The van der Waals surface area contributed by atoms with Gasteiger partial charge in [0.15, 0.2) is 0 Å². The molecule has 0 heterocycles. The number of hydrogen-bond donors (Lipinski definition) is 0. The molecule has 0 saturated heterocycles.